The Morgan fingerprint density at radius 1 is 0.944 bits per heavy atom. The highest BCUT2D eigenvalue weighted by Crippen LogP contribution is 2.43. The van der Waals surface area contributed by atoms with E-state index in [-0.39, 0.29) is 16.7 Å². The summed E-state index contributed by atoms with van der Waals surface area (Å²) in [5.41, 5.74) is 2.76. The van der Waals surface area contributed by atoms with Gasteiger partial charge in [0.2, 0.25) is 0 Å². The van der Waals surface area contributed by atoms with Crippen LogP contribution in [0.15, 0.2) is 78.4 Å². The van der Waals surface area contributed by atoms with E-state index in [9.17, 15) is 14.7 Å². The largest absolute Gasteiger partial charge is 0.507 e. The smallest absolute Gasteiger partial charge is 0.300 e. The van der Waals surface area contributed by atoms with Gasteiger partial charge in [0.15, 0.2) is 0 Å². The van der Waals surface area contributed by atoms with Crippen LogP contribution >= 0.6 is 0 Å². The Balaban J connectivity index is 1.90. The molecule has 0 spiro atoms. The molecule has 186 valence electrons. The molecular weight excluding hydrogens is 454 g/mol. The minimum Gasteiger partial charge on any atom is -0.507 e. The molecule has 1 aliphatic heterocycles. The number of anilines is 1. The number of methoxy groups -OCH3 is 1. The van der Waals surface area contributed by atoms with Crippen molar-refractivity contribution < 1.29 is 24.2 Å². The zero-order chi connectivity index (χ0) is 26.0. The van der Waals surface area contributed by atoms with Crippen molar-refractivity contribution >= 4 is 23.1 Å². The summed E-state index contributed by atoms with van der Waals surface area (Å²) >= 11 is 0. The number of aliphatic hydroxyl groups excluding tert-OH is 1. The second-order valence-corrected chi connectivity index (χ2v) is 9.70. The molecular formula is C30H31NO5. The first-order valence-electron chi connectivity index (χ1n) is 11.9. The van der Waals surface area contributed by atoms with E-state index in [2.05, 4.69) is 20.8 Å². The maximum Gasteiger partial charge on any atom is 0.300 e. The van der Waals surface area contributed by atoms with Crippen molar-refractivity contribution in [2.45, 2.75) is 39.2 Å². The maximum atomic E-state index is 13.4. The fourth-order valence-electron chi connectivity index (χ4n) is 4.38. The predicted molar refractivity (Wildman–Crippen MR) is 141 cm³/mol. The van der Waals surface area contributed by atoms with Crippen molar-refractivity contribution in [3.05, 3.63) is 95.1 Å². The number of carbonyl (C=O) groups is 2. The first-order chi connectivity index (χ1) is 17.2. The van der Waals surface area contributed by atoms with Crippen molar-refractivity contribution in [3.8, 4) is 11.5 Å². The van der Waals surface area contributed by atoms with Gasteiger partial charge in [-0.2, -0.15) is 0 Å². The summed E-state index contributed by atoms with van der Waals surface area (Å²) in [5.74, 6) is -0.482. The van der Waals surface area contributed by atoms with Gasteiger partial charge in [-0.25, -0.2) is 0 Å². The topological polar surface area (TPSA) is 76.1 Å². The molecule has 6 nitrogen and oxygen atoms in total. The number of aliphatic hydroxyl groups is 1. The molecule has 1 aliphatic rings. The first-order valence-corrected chi connectivity index (χ1v) is 11.9. The molecule has 1 heterocycles. The molecule has 0 radical (unpaired) electrons. The number of Topliss-reactive ketones (excluding diaryl/α,β-unsaturated/α-hetero) is 1. The van der Waals surface area contributed by atoms with Crippen LogP contribution in [-0.2, 0) is 15.0 Å². The summed E-state index contributed by atoms with van der Waals surface area (Å²) in [6.07, 6.45) is 0. The van der Waals surface area contributed by atoms with Crippen molar-refractivity contribution in [3.63, 3.8) is 0 Å². The van der Waals surface area contributed by atoms with Crippen LogP contribution in [0, 0.1) is 0 Å². The molecule has 0 aromatic heterocycles. The fraction of sp³-hybridized carbons (Fsp3) is 0.267. The highest BCUT2D eigenvalue weighted by atomic mass is 16.5. The van der Waals surface area contributed by atoms with Gasteiger partial charge in [0.25, 0.3) is 11.7 Å². The van der Waals surface area contributed by atoms with Crippen LogP contribution in [0.3, 0.4) is 0 Å². The average Bonchev–Trinajstić information content (AvgIpc) is 3.14. The molecule has 1 atom stereocenters. The molecule has 1 amide bonds. The molecule has 1 unspecified atom stereocenters. The van der Waals surface area contributed by atoms with Crippen LogP contribution in [0.25, 0.3) is 5.76 Å². The van der Waals surface area contributed by atoms with Crippen LogP contribution in [0.5, 0.6) is 11.5 Å². The lowest BCUT2D eigenvalue weighted by Crippen LogP contribution is -2.29. The van der Waals surface area contributed by atoms with E-state index in [0.717, 1.165) is 11.1 Å². The lowest BCUT2D eigenvalue weighted by atomic mass is 9.85. The van der Waals surface area contributed by atoms with Gasteiger partial charge in [0.05, 0.1) is 25.3 Å². The zero-order valence-corrected chi connectivity index (χ0v) is 21.2. The number of nitrogens with zero attached hydrogens (tertiary/aromatic N) is 1. The highest BCUT2D eigenvalue weighted by molar-refractivity contribution is 6.51. The van der Waals surface area contributed by atoms with Crippen LogP contribution in [0.1, 0.15) is 50.4 Å². The number of ether oxygens (including phenoxy) is 2. The van der Waals surface area contributed by atoms with Crippen LogP contribution in [0.4, 0.5) is 5.69 Å². The molecule has 1 saturated heterocycles. The number of rotatable bonds is 6. The van der Waals surface area contributed by atoms with Gasteiger partial charge in [0, 0.05) is 11.3 Å². The fourth-order valence-corrected chi connectivity index (χ4v) is 4.38. The van der Waals surface area contributed by atoms with E-state index in [4.69, 9.17) is 9.47 Å². The summed E-state index contributed by atoms with van der Waals surface area (Å²) in [5, 5.41) is 11.4. The SMILES string of the molecule is CCOc1cccc(/C(O)=C2/C(=O)C(=O)N(c3ccc(OC)cc3)C2c2ccc(C(C)(C)C)cc2)c1. The van der Waals surface area contributed by atoms with E-state index in [1.807, 2.05) is 31.2 Å². The van der Waals surface area contributed by atoms with Crippen molar-refractivity contribution in [2.24, 2.45) is 0 Å². The minimum atomic E-state index is -0.803. The normalized spacial score (nSPS) is 17.4. The summed E-state index contributed by atoms with van der Waals surface area (Å²) in [4.78, 5) is 28.2. The third-order valence-corrected chi connectivity index (χ3v) is 6.31. The van der Waals surface area contributed by atoms with Crippen molar-refractivity contribution in [1.29, 1.82) is 0 Å². The number of ketones is 1. The standard InChI is InChI=1S/C30H31NO5/c1-6-36-24-9-7-8-20(18-24)27(32)25-26(19-10-12-21(13-11-19)30(2,3)4)31(29(34)28(25)33)22-14-16-23(35-5)17-15-22/h7-18,26,32H,6H2,1-5H3/b27-25-. The summed E-state index contributed by atoms with van der Waals surface area (Å²) < 4.78 is 10.8. The molecule has 0 bridgehead atoms. The molecule has 1 N–H and O–H groups in total. The summed E-state index contributed by atoms with van der Waals surface area (Å²) in [6, 6.07) is 20.8. The van der Waals surface area contributed by atoms with E-state index in [0.29, 0.717) is 29.4 Å². The van der Waals surface area contributed by atoms with E-state index in [1.54, 1.807) is 55.6 Å². The van der Waals surface area contributed by atoms with E-state index >= 15 is 0 Å². The Hall–Kier alpha value is -4.06. The van der Waals surface area contributed by atoms with E-state index in [1.165, 1.54) is 4.90 Å². The van der Waals surface area contributed by atoms with Gasteiger partial charge in [-0.15, -0.1) is 0 Å². The maximum absolute atomic E-state index is 13.4. The van der Waals surface area contributed by atoms with Gasteiger partial charge < -0.3 is 14.6 Å². The number of hydrogen-bond acceptors (Lipinski definition) is 5. The Kier molecular flexibility index (Phi) is 6.88. The molecule has 36 heavy (non-hydrogen) atoms. The molecule has 3 aromatic rings. The third-order valence-electron chi connectivity index (χ3n) is 6.31. The van der Waals surface area contributed by atoms with Crippen molar-refractivity contribution in [2.75, 3.05) is 18.6 Å². The first kappa shape index (κ1) is 25.0. The Bertz CT molecular complexity index is 1300. The molecule has 4 rings (SSSR count). The number of benzene rings is 3. The van der Waals surface area contributed by atoms with Gasteiger partial charge in [0.1, 0.15) is 17.3 Å². The lowest BCUT2D eigenvalue weighted by Gasteiger charge is -2.26. The quantitative estimate of drug-likeness (QED) is 0.263. The molecule has 3 aromatic carbocycles. The molecule has 1 fully saturated rings. The van der Waals surface area contributed by atoms with Gasteiger partial charge in [-0.05, 0) is 59.9 Å². The van der Waals surface area contributed by atoms with Gasteiger partial charge in [-0.3, -0.25) is 14.5 Å². The number of hydrogen-bond donors (Lipinski definition) is 1. The Morgan fingerprint density at radius 2 is 1.61 bits per heavy atom. The molecule has 0 saturated carbocycles. The van der Waals surface area contributed by atoms with Crippen molar-refractivity contribution in [1.82, 2.24) is 0 Å². The lowest BCUT2D eigenvalue weighted by molar-refractivity contribution is -0.132. The Morgan fingerprint density at radius 3 is 2.19 bits per heavy atom. The second-order valence-electron chi connectivity index (χ2n) is 9.70. The minimum absolute atomic E-state index is 0.0352. The zero-order valence-electron chi connectivity index (χ0n) is 21.2. The summed E-state index contributed by atoms with van der Waals surface area (Å²) in [7, 11) is 1.56. The van der Waals surface area contributed by atoms with Gasteiger partial charge >= 0.3 is 0 Å². The second kappa shape index (κ2) is 9.90. The highest BCUT2D eigenvalue weighted by Gasteiger charge is 2.47. The van der Waals surface area contributed by atoms with Crippen LogP contribution in [0.2, 0.25) is 0 Å². The predicted octanol–water partition coefficient (Wildman–Crippen LogP) is 6.02. The molecule has 6 heteroatoms. The molecule has 0 aliphatic carbocycles. The van der Waals surface area contributed by atoms with Crippen LogP contribution in [-0.4, -0.2) is 30.5 Å². The Labute approximate surface area is 211 Å². The third kappa shape index (κ3) is 4.71. The monoisotopic (exact) mass is 485 g/mol. The summed E-state index contributed by atoms with van der Waals surface area (Å²) in [6.45, 7) is 8.70. The van der Waals surface area contributed by atoms with Gasteiger partial charge in [-0.1, -0.05) is 57.2 Å². The average molecular weight is 486 g/mol. The van der Waals surface area contributed by atoms with Crippen LogP contribution < -0.4 is 14.4 Å². The number of amides is 1. The number of carbonyl (C=O) groups excluding carboxylic acids is 2. The van der Waals surface area contributed by atoms with E-state index < -0.39 is 17.7 Å².